The third kappa shape index (κ3) is 4.05. The molecule has 0 aromatic heterocycles. The molecule has 0 aliphatic rings. The van der Waals surface area contributed by atoms with Gasteiger partial charge in [-0.25, -0.2) is 4.79 Å². The number of benzene rings is 1. The Balaban J connectivity index is 2.49. The number of esters is 1. The van der Waals surface area contributed by atoms with Crippen LogP contribution in [0, 0.1) is 11.8 Å². The van der Waals surface area contributed by atoms with Gasteiger partial charge in [-0.1, -0.05) is 32.0 Å². The SMILES string of the molecule is C[C@H]([C@@H](C)COC(=O)c1ccccc1)C(F)(F)F. The van der Waals surface area contributed by atoms with Gasteiger partial charge in [0.25, 0.3) is 0 Å². The molecule has 0 bridgehead atoms. The molecule has 0 N–H and O–H groups in total. The minimum absolute atomic E-state index is 0.242. The molecule has 0 spiro atoms. The van der Waals surface area contributed by atoms with E-state index in [-0.39, 0.29) is 6.61 Å². The summed E-state index contributed by atoms with van der Waals surface area (Å²) in [6.45, 7) is 2.26. The Hall–Kier alpha value is -1.52. The maximum atomic E-state index is 12.4. The zero-order valence-corrected chi connectivity index (χ0v) is 10.2. The van der Waals surface area contributed by atoms with Crippen LogP contribution >= 0.6 is 0 Å². The summed E-state index contributed by atoms with van der Waals surface area (Å²) < 4.78 is 42.1. The summed E-state index contributed by atoms with van der Waals surface area (Å²) >= 11 is 0. The van der Waals surface area contributed by atoms with E-state index < -0.39 is 24.0 Å². The Morgan fingerprint density at radius 2 is 1.78 bits per heavy atom. The van der Waals surface area contributed by atoms with Crippen LogP contribution in [0.1, 0.15) is 24.2 Å². The van der Waals surface area contributed by atoms with Crippen molar-refractivity contribution in [2.45, 2.75) is 20.0 Å². The van der Waals surface area contributed by atoms with Gasteiger partial charge in [0.2, 0.25) is 0 Å². The zero-order chi connectivity index (χ0) is 13.8. The van der Waals surface area contributed by atoms with Crippen molar-refractivity contribution in [1.29, 1.82) is 0 Å². The molecular formula is C13H15F3O2. The lowest BCUT2D eigenvalue weighted by atomic mass is 9.96. The van der Waals surface area contributed by atoms with Crippen molar-refractivity contribution in [2.75, 3.05) is 6.61 Å². The number of alkyl halides is 3. The normalized spacial score (nSPS) is 14.9. The second-order valence-corrected chi connectivity index (χ2v) is 4.27. The lowest BCUT2D eigenvalue weighted by Gasteiger charge is -2.22. The van der Waals surface area contributed by atoms with Crippen LogP contribution in [0.15, 0.2) is 30.3 Å². The molecule has 0 fully saturated rings. The van der Waals surface area contributed by atoms with Crippen LogP contribution in [0.3, 0.4) is 0 Å². The molecule has 1 aromatic rings. The van der Waals surface area contributed by atoms with Crippen molar-refractivity contribution in [3.8, 4) is 0 Å². The molecule has 1 rings (SSSR count). The number of halogens is 3. The highest BCUT2D eigenvalue weighted by Crippen LogP contribution is 2.31. The molecule has 0 amide bonds. The van der Waals surface area contributed by atoms with Gasteiger partial charge < -0.3 is 4.74 Å². The average molecular weight is 260 g/mol. The summed E-state index contributed by atoms with van der Waals surface area (Å²) in [4.78, 5) is 11.5. The molecule has 2 atom stereocenters. The molecule has 2 nitrogen and oxygen atoms in total. The molecule has 18 heavy (non-hydrogen) atoms. The molecule has 0 radical (unpaired) electrons. The molecule has 100 valence electrons. The third-order valence-corrected chi connectivity index (χ3v) is 2.86. The van der Waals surface area contributed by atoms with Crippen molar-refractivity contribution in [3.63, 3.8) is 0 Å². The van der Waals surface area contributed by atoms with Crippen molar-refractivity contribution in [2.24, 2.45) is 11.8 Å². The fourth-order valence-corrected chi connectivity index (χ4v) is 1.33. The predicted octanol–water partition coefficient (Wildman–Crippen LogP) is 3.68. The lowest BCUT2D eigenvalue weighted by Crippen LogP contribution is -2.29. The van der Waals surface area contributed by atoms with Crippen LogP contribution in [-0.2, 0) is 4.74 Å². The maximum Gasteiger partial charge on any atom is 0.391 e. The van der Waals surface area contributed by atoms with Crippen molar-refractivity contribution in [3.05, 3.63) is 35.9 Å². The lowest BCUT2D eigenvalue weighted by molar-refractivity contribution is -0.185. The van der Waals surface area contributed by atoms with E-state index in [2.05, 4.69) is 0 Å². The Labute approximate surface area is 104 Å². The fourth-order valence-electron chi connectivity index (χ4n) is 1.33. The van der Waals surface area contributed by atoms with Crippen LogP contribution < -0.4 is 0 Å². The monoisotopic (exact) mass is 260 g/mol. The fraction of sp³-hybridized carbons (Fsp3) is 0.462. The highest BCUT2D eigenvalue weighted by Gasteiger charge is 2.39. The van der Waals surface area contributed by atoms with Gasteiger partial charge in [0.15, 0.2) is 0 Å². The van der Waals surface area contributed by atoms with Crippen molar-refractivity contribution >= 4 is 5.97 Å². The van der Waals surface area contributed by atoms with E-state index in [9.17, 15) is 18.0 Å². The topological polar surface area (TPSA) is 26.3 Å². The van der Waals surface area contributed by atoms with Gasteiger partial charge >= 0.3 is 12.1 Å². The van der Waals surface area contributed by atoms with Crippen LogP contribution in [0.5, 0.6) is 0 Å². The first-order chi connectivity index (χ1) is 8.32. The molecule has 0 saturated carbocycles. The van der Waals surface area contributed by atoms with E-state index in [0.29, 0.717) is 5.56 Å². The Morgan fingerprint density at radius 1 is 1.22 bits per heavy atom. The second kappa shape index (κ2) is 5.89. The summed E-state index contributed by atoms with van der Waals surface area (Å²) in [5, 5.41) is 0. The van der Waals surface area contributed by atoms with E-state index in [1.165, 1.54) is 6.92 Å². The van der Waals surface area contributed by atoms with E-state index in [4.69, 9.17) is 4.74 Å². The van der Waals surface area contributed by atoms with Crippen molar-refractivity contribution < 1.29 is 22.7 Å². The van der Waals surface area contributed by atoms with Crippen LogP contribution in [0.2, 0.25) is 0 Å². The van der Waals surface area contributed by atoms with E-state index in [0.717, 1.165) is 6.92 Å². The first kappa shape index (κ1) is 14.5. The van der Waals surface area contributed by atoms with E-state index >= 15 is 0 Å². The molecule has 0 unspecified atom stereocenters. The third-order valence-electron chi connectivity index (χ3n) is 2.86. The summed E-state index contributed by atoms with van der Waals surface area (Å²) in [5.41, 5.74) is 0.337. The number of carbonyl (C=O) groups is 1. The molecule has 0 aliphatic heterocycles. The standard InChI is InChI=1S/C13H15F3O2/c1-9(10(2)13(14,15)16)8-18-12(17)11-6-4-3-5-7-11/h3-7,9-10H,8H2,1-2H3/t9-,10+/m0/s1. The van der Waals surface area contributed by atoms with Gasteiger partial charge in [-0.15, -0.1) is 0 Å². The number of hydrogen-bond acceptors (Lipinski definition) is 2. The minimum Gasteiger partial charge on any atom is -0.462 e. The quantitative estimate of drug-likeness (QED) is 0.772. The molecule has 5 heteroatoms. The molecule has 0 heterocycles. The molecular weight excluding hydrogens is 245 g/mol. The number of hydrogen-bond donors (Lipinski definition) is 0. The van der Waals surface area contributed by atoms with Crippen LogP contribution in [0.25, 0.3) is 0 Å². The highest BCUT2D eigenvalue weighted by atomic mass is 19.4. The summed E-state index contributed by atoms with van der Waals surface area (Å²) in [5.74, 6) is -2.87. The largest absolute Gasteiger partial charge is 0.462 e. The van der Waals surface area contributed by atoms with Crippen LogP contribution in [-0.4, -0.2) is 18.8 Å². The minimum atomic E-state index is -4.27. The summed E-state index contributed by atoms with van der Waals surface area (Å²) in [6.07, 6.45) is -4.27. The number of rotatable bonds is 4. The zero-order valence-electron chi connectivity index (χ0n) is 10.2. The number of carbonyl (C=O) groups excluding carboxylic acids is 1. The smallest absolute Gasteiger partial charge is 0.391 e. The van der Waals surface area contributed by atoms with Crippen LogP contribution in [0.4, 0.5) is 13.2 Å². The summed E-state index contributed by atoms with van der Waals surface area (Å²) in [6, 6.07) is 8.18. The van der Waals surface area contributed by atoms with Crippen molar-refractivity contribution in [1.82, 2.24) is 0 Å². The second-order valence-electron chi connectivity index (χ2n) is 4.27. The van der Waals surface area contributed by atoms with E-state index in [1.54, 1.807) is 30.3 Å². The molecule has 1 aromatic carbocycles. The highest BCUT2D eigenvalue weighted by molar-refractivity contribution is 5.89. The van der Waals surface area contributed by atoms with Gasteiger partial charge in [-0.3, -0.25) is 0 Å². The molecule has 0 aliphatic carbocycles. The number of ether oxygens (including phenoxy) is 1. The first-order valence-electron chi connectivity index (χ1n) is 5.61. The predicted molar refractivity (Wildman–Crippen MR) is 61.1 cm³/mol. The van der Waals surface area contributed by atoms with Gasteiger partial charge in [-0.05, 0) is 12.1 Å². The van der Waals surface area contributed by atoms with Gasteiger partial charge in [0, 0.05) is 5.92 Å². The molecule has 0 saturated heterocycles. The average Bonchev–Trinajstić information content (AvgIpc) is 2.34. The summed E-state index contributed by atoms with van der Waals surface area (Å²) in [7, 11) is 0. The first-order valence-corrected chi connectivity index (χ1v) is 5.61. The van der Waals surface area contributed by atoms with Gasteiger partial charge in [0.05, 0.1) is 18.1 Å². The van der Waals surface area contributed by atoms with E-state index in [1.807, 2.05) is 0 Å². The Kier molecular flexibility index (Phi) is 4.76. The Morgan fingerprint density at radius 3 is 2.28 bits per heavy atom. The Bertz CT molecular complexity index is 387. The maximum absolute atomic E-state index is 12.4. The van der Waals surface area contributed by atoms with Gasteiger partial charge in [-0.2, -0.15) is 13.2 Å². The van der Waals surface area contributed by atoms with Gasteiger partial charge in [0.1, 0.15) is 0 Å².